The summed E-state index contributed by atoms with van der Waals surface area (Å²) in [6.45, 7) is 7.20. The van der Waals surface area contributed by atoms with E-state index in [1.807, 2.05) is 45.0 Å². The normalized spacial score (nSPS) is 11.2. The molecule has 3 N–H and O–H groups in total. The molecule has 0 saturated carbocycles. The minimum Gasteiger partial charge on any atom is -0.493 e. The summed E-state index contributed by atoms with van der Waals surface area (Å²) in [6, 6.07) is 7.89. The zero-order valence-corrected chi connectivity index (χ0v) is 13.4. The smallest absolute Gasteiger partial charge is 0.220 e. The summed E-state index contributed by atoms with van der Waals surface area (Å²) < 4.78 is 5.67. The molecule has 0 aliphatic rings. The number of rotatable bonds is 9. The molecule has 21 heavy (non-hydrogen) atoms. The molecule has 0 radical (unpaired) electrons. The highest BCUT2D eigenvalue weighted by Gasteiger charge is 2.20. The summed E-state index contributed by atoms with van der Waals surface area (Å²) in [5.74, 6) is 0.927. The van der Waals surface area contributed by atoms with Crippen LogP contribution in [0.15, 0.2) is 24.3 Å². The van der Waals surface area contributed by atoms with Crippen molar-refractivity contribution >= 4 is 5.91 Å². The van der Waals surface area contributed by atoms with Crippen molar-refractivity contribution in [2.45, 2.75) is 52.0 Å². The average Bonchev–Trinajstić information content (AvgIpc) is 2.51. The predicted molar refractivity (Wildman–Crippen MR) is 86.4 cm³/mol. The first-order valence-electron chi connectivity index (χ1n) is 7.74. The molecule has 0 bridgehead atoms. The number of amides is 1. The quantitative estimate of drug-likeness (QED) is 0.688. The Morgan fingerprint density at radius 2 is 1.95 bits per heavy atom. The van der Waals surface area contributed by atoms with Crippen LogP contribution in [0.3, 0.4) is 0 Å². The molecule has 1 aromatic carbocycles. The highest BCUT2D eigenvalue weighted by atomic mass is 16.5. The van der Waals surface area contributed by atoms with Gasteiger partial charge in [0.2, 0.25) is 5.91 Å². The molecule has 0 aliphatic heterocycles. The fourth-order valence-electron chi connectivity index (χ4n) is 2.00. The van der Waals surface area contributed by atoms with Crippen LogP contribution in [-0.2, 0) is 4.79 Å². The first kappa shape index (κ1) is 17.5. The van der Waals surface area contributed by atoms with E-state index in [0.717, 1.165) is 24.2 Å². The van der Waals surface area contributed by atoms with Crippen molar-refractivity contribution in [3.63, 3.8) is 0 Å². The van der Waals surface area contributed by atoms with E-state index in [1.165, 1.54) is 0 Å². The number of carbonyl (C=O) groups is 1. The Balaban J connectivity index is 2.21. The Morgan fingerprint density at radius 3 is 2.57 bits per heavy atom. The highest BCUT2D eigenvalue weighted by molar-refractivity contribution is 5.75. The maximum atomic E-state index is 11.8. The van der Waals surface area contributed by atoms with Crippen LogP contribution in [0, 0.1) is 6.92 Å². The fourth-order valence-corrected chi connectivity index (χ4v) is 2.00. The Kier molecular flexibility index (Phi) is 7.23. The molecule has 4 heteroatoms. The lowest BCUT2D eigenvalue weighted by Gasteiger charge is -2.26. The zero-order chi connectivity index (χ0) is 15.7. The minimum absolute atomic E-state index is 0.0418. The molecule has 0 heterocycles. The van der Waals surface area contributed by atoms with Crippen molar-refractivity contribution in [2.24, 2.45) is 5.73 Å². The van der Waals surface area contributed by atoms with E-state index in [0.29, 0.717) is 26.0 Å². The topological polar surface area (TPSA) is 64.3 Å². The van der Waals surface area contributed by atoms with Crippen molar-refractivity contribution in [3.05, 3.63) is 29.8 Å². The van der Waals surface area contributed by atoms with E-state index in [2.05, 4.69) is 5.32 Å². The Morgan fingerprint density at radius 1 is 1.29 bits per heavy atom. The van der Waals surface area contributed by atoms with Crippen LogP contribution in [-0.4, -0.2) is 24.6 Å². The number of benzene rings is 1. The lowest BCUT2D eigenvalue weighted by molar-refractivity contribution is -0.121. The molecule has 118 valence electrons. The summed E-state index contributed by atoms with van der Waals surface area (Å²) in [5, 5.41) is 2.92. The molecule has 0 saturated heterocycles. The van der Waals surface area contributed by atoms with Gasteiger partial charge in [-0.25, -0.2) is 0 Å². The van der Waals surface area contributed by atoms with E-state index >= 15 is 0 Å². The van der Waals surface area contributed by atoms with Crippen LogP contribution < -0.4 is 15.8 Å². The minimum atomic E-state index is -0.284. The summed E-state index contributed by atoms with van der Waals surface area (Å²) in [5.41, 5.74) is 6.98. The lowest BCUT2D eigenvalue weighted by Crippen LogP contribution is -2.49. The molecule has 1 rings (SSSR count). The van der Waals surface area contributed by atoms with Gasteiger partial charge in [0.15, 0.2) is 0 Å². The summed E-state index contributed by atoms with van der Waals surface area (Å²) in [4.78, 5) is 11.8. The van der Waals surface area contributed by atoms with Crippen LogP contribution in [0.2, 0.25) is 0 Å². The standard InChI is InChI=1S/C17H28N2O2/c1-4-17(18,5-2)13-19-16(20)11-8-12-21-15-10-7-6-9-14(15)3/h6-7,9-10H,4-5,8,11-13,18H2,1-3H3,(H,19,20). The first-order valence-corrected chi connectivity index (χ1v) is 7.74. The molecule has 0 unspecified atom stereocenters. The van der Waals surface area contributed by atoms with Gasteiger partial charge < -0.3 is 15.8 Å². The molecule has 0 atom stereocenters. The largest absolute Gasteiger partial charge is 0.493 e. The monoisotopic (exact) mass is 292 g/mol. The third-order valence-electron chi connectivity index (χ3n) is 3.95. The van der Waals surface area contributed by atoms with E-state index in [1.54, 1.807) is 0 Å². The summed E-state index contributed by atoms with van der Waals surface area (Å²) >= 11 is 0. The van der Waals surface area contributed by atoms with E-state index < -0.39 is 0 Å². The highest BCUT2D eigenvalue weighted by Crippen LogP contribution is 2.16. The molecule has 0 spiro atoms. The number of nitrogens with two attached hydrogens (primary N) is 1. The van der Waals surface area contributed by atoms with Crippen molar-refractivity contribution in [3.8, 4) is 5.75 Å². The van der Waals surface area contributed by atoms with Crippen molar-refractivity contribution < 1.29 is 9.53 Å². The van der Waals surface area contributed by atoms with Crippen LogP contribution in [0.5, 0.6) is 5.75 Å². The van der Waals surface area contributed by atoms with E-state index in [-0.39, 0.29) is 11.4 Å². The molecule has 4 nitrogen and oxygen atoms in total. The van der Waals surface area contributed by atoms with Gasteiger partial charge in [0.05, 0.1) is 6.61 Å². The number of hydrogen-bond donors (Lipinski definition) is 2. The SMILES string of the molecule is CCC(N)(CC)CNC(=O)CCCOc1ccccc1C. The zero-order valence-electron chi connectivity index (χ0n) is 13.4. The molecular formula is C17H28N2O2. The second-order valence-electron chi connectivity index (χ2n) is 5.56. The number of aryl methyl sites for hydroxylation is 1. The molecule has 1 amide bonds. The van der Waals surface area contributed by atoms with Crippen LogP contribution in [0.1, 0.15) is 45.1 Å². The first-order chi connectivity index (χ1) is 10.0. The van der Waals surface area contributed by atoms with Crippen molar-refractivity contribution in [2.75, 3.05) is 13.2 Å². The molecule has 1 aromatic rings. The number of nitrogens with one attached hydrogen (secondary N) is 1. The molecule has 0 aliphatic carbocycles. The third kappa shape index (κ3) is 6.17. The van der Waals surface area contributed by atoms with Crippen LogP contribution in [0.4, 0.5) is 0 Å². The Hall–Kier alpha value is -1.55. The molecule has 0 fully saturated rings. The van der Waals surface area contributed by atoms with Crippen molar-refractivity contribution in [1.29, 1.82) is 0 Å². The Bertz CT molecular complexity index is 442. The second-order valence-corrected chi connectivity index (χ2v) is 5.56. The predicted octanol–water partition coefficient (Wildman–Crippen LogP) is 2.79. The number of para-hydroxylation sites is 1. The van der Waals surface area contributed by atoms with Gasteiger partial charge in [-0.3, -0.25) is 4.79 Å². The molecule has 0 aromatic heterocycles. The summed E-state index contributed by atoms with van der Waals surface area (Å²) in [6.07, 6.45) is 2.89. The van der Waals surface area contributed by atoms with Gasteiger partial charge in [-0.15, -0.1) is 0 Å². The lowest BCUT2D eigenvalue weighted by atomic mass is 9.94. The van der Waals surface area contributed by atoms with E-state index in [9.17, 15) is 4.79 Å². The average molecular weight is 292 g/mol. The van der Waals surface area contributed by atoms with Gasteiger partial charge in [-0.05, 0) is 37.8 Å². The van der Waals surface area contributed by atoms with Gasteiger partial charge >= 0.3 is 0 Å². The Labute approximate surface area is 128 Å². The van der Waals surface area contributed by atoms with E-state index in [4.69, 9.17) is 10.5 Å². The maximum Gasteiger partial charge on any atom is 0.220 e. The van der Waals surface area contributed by atoms with Gasteiger partial charge in [-0.2, -0.15) is 0 Å². The van der Waals surface area contributed by atoms with Gasteiger partial charge in [0.25, 0.3) is 0 Å². The number of hydrogen-bond acceptors (Lipinski definition) is 3. The maximum absolute atomic E-state index is 11.8. The molecular weight excluding hydrogens is 264 g/mol. The number of carbonyl (C=O) groups excluding carboxylic acids is 1. The third-order valence-corrected chi connectivity index (χ3v) is 3.95. The fraction of sp³-hybridized carbons (Fsp3) is 0.588. The summed E-state index contributed by atoms with van der Waals surface area (Å²) in [7, 11) is 0. The van der Waals surface area contributed by atoms with Gasteiger partial charge in [-0.1, -0.05) is 32.0 Å². The van der Waals surface area contributed by atoms with Crippen LogP contribution in [0.25, 0.3) is 0 Å². The van der Waals surface area contributed by atoms with Gasteiger partial charge in [0.1, 0.15) is 5.75 Å². The second kappa shape index (κ2) is 8.67. The van der Waals surface area contributed by atoms with Crippen molar-refractivity contribution in [1.82, 2.24) is 5.32 Å². The van der Waals surface area contributed by atoms with Gasteiger partial charge in [0, 0.05) is 18.5 Å². The van der Waals surface area contributed by atoms with Crippen LogP contribution >= 0.6 is 0 Å². The number of ether oxygens (including phenoxy) is 1.